The number of hydrogen-bond donors (Lipinski definition) is 1. The third kappa shape index (κ3) is 4.51. The smallest absolute Gasteiger partial charge is 0.124 e. The summed E-state index contributed by atoms with van der Waals surface area (Å²) in [7, 11) is 0. The molecule has 2 aliphatic rings. The van der Waals surface area contributed by atoms with Crippen LogP contribution in [0, 0.1) is 0 Å². The molecule has 0 radical (unpaired) electrons. The summed E-state index contributed by atoms with van der Waals surface area (Å²) in [4.78, 5) is 7.99. The lowest BCUT2D eigenvalue weighted by Crippen LogP contribution is -2.54. The SMILES string of the molecule is C[C@@H]1Cc2c([nH]c3ccccc23)[C@@H](c2ccc(OC3CN(CCF)C3)cc2)N1CC(C)(C)F. The predicted octanol–water partition coefficient (Wildman–Crippen LogP) is 5.28. The summed E-state index contributed by atoms with van der Waals surface area (Å²) in [6.45, 7) is 7.56. The van der Waals surface area contributed by atoms with Crippen molar-refractivity contribution in [3.63, 3.8) is 0 Å². The Bertz CT molecular complexity index is 1100. The second-order valence-corrected chi connectivity index (χ2v) is 10.2. The minimum Gasteiger partial charge on any atom is -0.488 e. The Kier molecular flexibility index (Phi) is 5.91. The Morgan fingerprint density at radius 1 is 1.09 bits per heavy atom. The van der Waals surface area contributed by atoms with Gasteiger partial charge in [-0.05, 0) is 56.5 Å². The molecule has 3 aromatic rings. The number of halogens is 2. The van der Waals surface area contributed by atoms with E-state index in [2.05, 4.69) is 52.0 Å². The van der Waals surface area contributed by atoms with E-state index < -0.39 is 5.67 Å². The monoisotopic (exact) mass is 453 g/mol. The van der Waals surface area contributed by atoms with E-state index in [0.29, 0.717) is 13.1 Å². The first-order chi connectivity index (χ1) is 15.8. The van der Waals surface area contributed by atoms with Crippen LogP contribution in [0.4, 0.5) is 8.78 Å². The van der Waals surface area contributed by atoms with Crippen LogP contribution in [-0.2, 0) is 6.42 Å². The van der Waals surface area contributed by atoms with Gasteiger partial charge in [-0.1, -0.05) is 30.3 Å². The van der Waals surface area contributed by atoms with Crippen molar-refractivity contribution < 1.29 is 13.5 Å². The first-order valence-corrected chi connectivity index (χ1v) is 11.9. The zero-order valence-corrected chi connectivity index (χ0v) is 19.7. The molecule has 0 bridgehead atoms. The van der Waals surface area contributed by atoms with Crippen molar-refractivity contribution in [3.8, 4) is 5.75 Å². The maximum atomic E-state index is 14.9. The predicted molar refractivity (Wildman–Crippen MR) is 128 cm³/mol. The zero-order chi connectivity index (χ0) is 23.2. The van der Waals surface area contributed by atoms with Crippen LogP contribution in [0.3, 0.4) is 0 Å². The minimum atomic E-state index is -1.30. The maximum absolute atomic E-state index is 14.9. The standard InChI is InChI=1S/C27H33F2N3O/c1-18-14-23-22-6-4-5-7-24(22)30-25(23)26(32(18)17-27(2,3)29)19-8-10-20(11-9-19)33-21-15-31(16-21)13-12-28/h4-11,18,21,26,30H,12-17H2,1-3H3/t18-,26-/m1/s1. The summed E-state index contributed by atoms with van der Waals surface area (Å²) in [5.41, 5.74) is 3.45. The van der Waals surface area contributed by atoms with E-state index in [1.54, 1.807) is 13.8 Å². The molecule has 0 saturated carbocycles. The van der Waals surface area contributed by atoms with Gasteiger partial charge in [-0.25, -0.2) is 8.78 Å². The van der Waals surface area contributed by atoms with Gasteiger partial charge in [0.25, 0.3) is 0 Å². The highest BCUT2D eigenvalue weighted by molar-refractivity contribution is 5.85. The second-order valence-electron chi connectivity index (χ2n) is 10.2. The van der Waals surface area contributed by atoms with Gasteiger partial charge in [0.2, 0.25) is 0 Å². The number of ether oxygens (including phenoxy) is 1. The number of likely N-dealkylation sites (tertiary alicyclic amines) is 1. The highest BCUT2D eigenvalue weighted by atomic mass is 19.1. The molecule has 5 rings (SSSR count). The molecule has 1 aromatic heterocycles. The molecule has 176 valence electrons. The molecule has 1 saturated heterocycles. The maximum Gasteiger partial charge on any atom is 0.124 e. The Labute approximate surface area is 194 Å². The van der Waals surface area contributed by atoms with E-state index in [0.717, 1.165) is 42.0 Å². The summed E-state index contributed by atoms with van der Waals surface area (Å²) in [6.07, 6.45) is 1.01. The van der Waals surface area contributed by atoms with Gasteiger partial charge in [0.1, 0.15) is 24.2 Å². The number of nitrogens with zero attached hydrogens (tertiary/aromatic N) is 2. The molecule has 4 nitrogen and oxygen atoms in total. The van der Waals surface area contributed by atoms with Crippen molar-refractivity contribution in [2.45, 2.75) is 51.0 Å². The first kappa shape index (κ1) is 22.4. The van der Waals surface area contributed by atoms with Gasteiger partial charge in [0, 0.05) is 48.8 Å². The Morgan fingerprint density at radius 2 is 1.82 bits per heavy atom. The Balaban J connectivity index is 1.45. The largest absolute Gasteiger partial charge is 0.488 e. The number of aromatic amines is 1. The molecule has 3 heterocycles. The van der Waals surface area contributed by atoms with Crippen LogP contribution in [0.1, 0.15) is 43.6 Å². The van der Waals surface area contributed by atoms with Crippen LogP contribution < -0.4 is 4.74 Å². The molecule has 2 atom stereocenters. The summed E-state index contributed by atoms with van der Waals surface area (Å²) in [5, 5.41) is 1.26. The van der Waals surface area contributed by atoms with Crippen molar-refractivity contribution in [1.29, 1.82) is 0 Å². The van der Waals surface area contributed by atoms with E-state index >= 15 is 0 Å². The molecule has 0 amide bonds. The molecule has 0 spiro atoms. The highest BCUT2D eigenvalue weighted by Crippen LogP contribution is 2.42. The van der Waals surface area contributed by atoms with Gasteiger partial charge in [0.15, 0.2) is 0 Å². The number of rotatable bonds is 7. The number of fused-ring (bicyclic) bond motifs is 3. The van der Waals surface area contributed by atoms with Crippen molar-refractivity contribution in [2.75, 3.05) is 32.9 Å². The zero-order valence-electron chi connectivity index (χ0n) is 19.7. The molecular weight excluding hydrogens is 420 g/mol. The molecule has 6 heteroatoms. The van der Waals surface area contributed by atoms with E-state index in [1.807, 2.05) is 18.2 Å². The summed E-state index contributed by atoms with van der Waals surface area (Å²) in [5.74, 6) is 0.821. The number of aromatic nitrogens is 1. The summed E-state index contributed by atoms with van der Waals surface area (Å²) < 4.78 is 33.4. The number of benzene rings is 2. The molecule has 0 unspecified atom stereocenters. The molecule has 1 fully saturated rings. The fourth-order valence-electron chi connectivity index (χ4n) is 5.37. The van der Waals surface area contributed by atoms with Crippen LogP contribution in [0.2, 0.25) is 0 Å². The molecule has 2 aliphatic heterocycles. The van der Waals surface area contributed by atoms with E-state index in [1.165, 1.54) is 10.9 Å². The van der Waals surface area contributed by atoms with Crippen molar-refractivity contribution in [2.24, 2.45) is 0 Å². The molecule has 0 aliphatic carbocycles. The minimum absolute atomic E-state index is 0.0519. The number of H-pyrrole nitrogens is 1. The normalized spacial score (nSPS) is 22.3. The number of hydrogen-bond acceptors (Lipinski definition) is 3. The number of alkyl halides is 2. The van der Waals surface area contributed by atoms with Gasteiger partial charge in [-0.2, -0.15) is 0 Å². The number of nitrogens with one attached hydrogen (secondary N) is 1. The number of para-hydroxylation sites is 1. The Hall–Kier alpha value is -2.44. The highest BCUT2D eigenvalue weighted by Gasteiger charge is 2.38. The molecule has 33 heavy (non-hydrogen) atoms. The third-order valence-corrected chi connectivity index (χ3v) is 6.90. The molecule has 2 aromatic carbocycles. The summed E-state index contributed by atoms with van der Waals surface area (Å²) in [6, 6.07) is 16.8. The topological polar surface area (TPSA) is 31.5 Å². The van der Waals surface area contributed by atoms with Gasteiger partial charge in [0.05, 0.1) is 6.04 Å². The van der Waals surface area contributed by atoms with Gasteiger partial charge in [-0.15, -0.1) is 0 Å². The quantitative estimate of drug-likeness (QED) is 0.528. The molecule has 1 N–H and O–H groups in total. The lowest BCUT2D eigenvalue weighted by Gasteiger charge is -2.43. The molecular formula is C27H33F2N3O. The fraction of sp³-hybridized carbons (Fsp3) is 0.481. The van der Waals surface area contributed by atoms with Crippen LogP contribution >= 0.6 is 0 Å². The van der Waals surface area contributed by atoms with Gasteiger partial charge < -0.3 is 9.72 Å². The van der Waals surface area contributed by atoms with E-state index in [4.69, 9.17) is 4.74 Å². The Morgan fingerprint density at radius 3 is 2.52 bits per heavy atom. The van der Waals surface area contributed by atoms with Crippen LogP contribution in [-0.4, -0.2) is 65.5 Å². The van der Waals surface area contributed by atoms with Gasteiger partial charge in [-0.3, -0.25) is 9.80 Å². The van der Waals surface area contributed by atoms with E-state index in [9.17, 15) is 8.78 Å². The fourth-order valence-corrected chi connectivity index (χ4v) is 5.37. The third-order valence-electron chi connectivity index (χ3n) is 6.90. The lowest BCUT2D eigenvalue weighted by atomic mass is 9.87. The average Bonchev–Trinajstić information content (AvgIpc) is 3.10. The second kappa shape index (κ2) is 8.73. The summed E-state index contributed by atoms with van der Waals surface area (Å²) >= 11 is 0. The van der Waals surface area contributed by atoms with Crippen molar-refractivity contribution in [1.82, 2.24) is 14.8 Å². The van der Waals surface area contributed by atoms with Crippen molar-refractivity contribution >= 4 is 10.9 Å². The van der Waals surface area contributed by atoms with Gasteiger partial charge >= 0.3 is 0 Å². The van der Waals surface area contributed by atoms with Crippen molar-refractivity contribution in [3.05, 3.63) is 65.4 Å². The van der Waals surface area contributed by atoms with Crippen LogP contribution in [0.25, 0.3) is 10.9 Å². The van der Waals surface area contributed by atoms with Crippen LogP contribution in [0.5, 0.6) is 5.75 Å². The van der Waals surface area contributed by atoms with E-state index in [-0.39, 0.29) is 24.9 Å². The lowest BCUT2D eigenvalue weighted by molar-refractivity contribution is 0.0168. The first-order valence-electron chi connectivity index (χ1n) is 11.9. The average molecular weight is 454 g/mol. The van der Waals surface area contributed by atoms with Crippen LogP contribution in [0.15, 0.2) is 48.5 Å².